The van der Waals surface area contributed by atoms with Gasteiger partial charge in [-0.1, -0.05) is 17.3 Å². The van der Waals surface area contributed by atoms with Crippen LogP contribution in [0, 0.1) is 5.82 Å². The van der Waals surface area contributed by atoms with E-state index in [2.05, 4.69) is 30.7 Å². The van der Waals surface area contributed by atoms with Gasteiger partial charge in [-0.05, 0) is 37.6 Å². The number of ether oxygens (including phenoxy) is 1. The minimum atomic E-state index is -0.395. The summed E-state index contributed by atoms with van der Waals surface area (Å²) in [6.45, 7) is 8.01. The van der Waals surface area contributed by atoms with Crippen LogP contribution < -0.4 is 5.32 Å². The predicted molar refractivity (Wildman–Crippen MR) is 116 cm³/mol. The minimum Gasteiger partial charge on any atom is -0.379 e. The van der Waals surface area contributed by atoms with Gasteiger partial charge in [0.15, 0.2) is 0 Å². The van der Waals surface area contributed by atoms with Crippen LogP contribution >= 0.6 is 0 Å². The van der Waals surface area contributed by atoms with Crippen molar-refractivity contribution in [2.75, 3.05) is 32.8 Å². The molecule has 3 aromatic rings. The Morgan fingerprint density at radius 1 is 1.22 bits per heavy atom. The van der Waals surface area contributed by atoms with Crippen molar-refractivity contribution in [1.82, 2.24) is 35.4 Å². The standard InChI is InChI=1S/C22H28FN7O2/c1-22(2,15-29-7-9-32-10-8-29)25-21(31)14-30-18(11-16-3-5-17(23)6-4-16)12-19(27-30)20-13-24-28-26-20/h3-6,12-13H,7-11,14-15H2,1-2H3,(H,25,31)(H,24,26,28). The van der Waals surface area contributed by atoms with Crippen LogP contribution in [0.2, 0.25) is 0 Å². The largest absolute Gasteiger partial charge is 0.379 e. The monoisotopic (exact) mass is 441 g/mol. The van der Waals surface area contributed by atoms with Crippen molar-refractivity contribution in [2.24, 2.45) is 0 Å². The number of benzene rings is 1. The summed E-state index contributed by atoms with van der Waals surface area (Å²) in [7, 11) is 0. The molecule has 1 amide bonds. The molecule has 0 spiro atoms. The van der Waals surface area contributed by atoms with Gasteiger partial charge in [0.05, 0.1) is 19.4 Å². The van der Waals surface area contributed by atoms with E-state index >= 15 is 0 Å². The van der Waals surface area contributed by atoms with Crippen molar-refractivity contribution in [3.8, 4) is 11.4 Å². The third kappa shape index (κ3) is 5.77. The Morgan fingerprint density at radius 3 is 2.66 bits per heavy atom. The summed E-state index contributed by atoms with van der Waals surface area (Å²) in [6.07, 6.45) is 2.16. The molecule has 4 rings (SSSR count). The lowest BCUT2D eigenvalue weighted by atomic mass is 10.0. The number of amides is 1. The number of halogens is 1. The number of carbonyl (C=O) groups excluding carboxylic acids is 1. The molecule has 1 aliphatic heterocycles. The van der Waals surface area contributed by atoms with Gasteiger partial charge in [-0.2, -0.15) is 5.10 Å². The van der Waals surface area contributed by atoms with Gasteiger partial charge in [0.1, 0.15) is 23.7 Å². The summed E-state index contributed by atoms with van der Waals surface area (Å²) < 4.78 is 20.4. The van der Waals surface area contributed by atoms with Crippen molar-refractivity contribution < 1.29 is 13.9 Å². The van der Waals surface area contributed by atoms with Crippen LogP contribution in [0.3, 0.4) is 0 Å². The van der Waals surface area contributed by atoms with E-state index in [0.717, 1.165) is 44.1 Å². The van der Waals surface area contributed by atoms with Crippen molar-refractivity contribution >= 4 is 5.91 Å². The fraction of sp³-hybridized carbons (Fsp3) is 0.455. The summed E-state index contributed by atoms with van der Waals surface area (Å²) in [4.78, 5) is 15.2. The number of aromatic nitrogens is 5. The Kier molecular flexibility index (Phi) is 6.61. The zero-order chi connectivity index (χ0) is 22.6. The van der Waals surface area contributed by atoms with Crippen LogP contribution in [0.25, 0.3) is 11.4 Å². The Hall–Kier alpha value is -3.11. The highest BCUT2D eigenvalue weighted by atomic mass is 19.1. The van der Waals surface area contributed by atoms with E-state index in [-0.39, 0.29) is 18.3 Å². The molecule has 2 N–H and O–H groups in total. The van der Waals surface area contributed by atoms with Crippen LogP contribution in [0.4, 0.5) is 4.39 Å². The van der Waals surface area contributed by atoms with Crippen molar-refractivity contribution in [1.29, 1.82) is 0 Å². The molecule has 1 saturated heterocycles. The number of hydrogen-bond acceptors (Lipinski definition) is 6. The van der Waals surface area contributed by atoms with E-state index in [1.54, 1.807) is 23.0 Å². The summed E-state index contributed by atoms with van der Waals surface area (Å²) in [6, 6.07) is 8.19. The van der Waals surface area contributed by atoms with E-state index in [1.165, 1.54) is 12.1 Å². The molecule has 0 aliphatic carbocycles. The van der Waals surface area contributed by atoms with E-state index in [9.17, 15) is 9.18 Å². The molecule has 0 bridgehead atoms. The number of aromatic amines is 1. The second kappa shape index (κ2) is 9.58. The Labute approximate surface area is 185 Å². The first kappa shape index (κ1) is 22.1. The molecule has 170 valence electrons. The maximum Gasteiger partial charge on any atom is 0.242 e. The average molecular weight is 442 g/mol. The van der Waals surface area contributed by atoms with Gasteiger partial charge >= 0.3 is 0 Å². The Morgan fingerprint density at radius 2 is 1.97 bits per heavy atom. The summed E-state index contributed by atoms with van der Waals surface area (Å²) in [5.74, 6) is -0.411. The lowest BCUT2D eigenvalue weighted by molar-refractivity contribution is -0.123. The van der Waals surface area contributed by atoms with Crippen LogP contribution in [-0.4, -0.2) is 74.4 Å². The molecular weight excluding hydrogens is 413 g/mol. The molecule has 9 nitrogen and oxygen atoms in total. The molecule has 0 unspecified atom stereocenters. The lowest BCUT2D eigenvalue weighted by Crippen LogP contribution is -2.54. The zero-order valence-electron chi connectivity index (χ0n) is 18.3. The second-order valence-corrected chi connectivity index (χ2v) is 8.66. The third-order valence-corrected chi connectivity index (χ3v) is 5.33. The van der Waals surface area contributed by atoms with Crippen molar-refractivity contribution in [2.45, 2.75) is 32.4 Å². The Bertz CT molecular complexity index is 1030. The first-order valence-electron chi connectivity index (χ1n) is 10.7. The molecule has 10 heteroatoms. The van der Waals surface area contributed by atoms with Gasteiger partial charge in [0.25, 0.3) is 0 Å². The number of nitrogens with one attached hydrogen (secondary N) is 2. The first-order valence-corrected chi connectivity index (χ1v) is 10.7. The smallest absolute Gasteiger partial charge is 0.242 e. The van der Waals surface area contributed by atoms with Crippen LogP contribution in [-0.2, 0) is 22.5 Å². The molecule has 0 radical (unpaired) electrons. The fourth-order valence-electron chi connectivity index (χ4n) is 3.91. The van der Waals surface area contributed by atoms with Crippen molar-refractivity contribution in [3.63, 3.8) is 0 Å². The van der Waals surface area contributed by atoms with Gasteiger partial charge in [0.2, 0.25) is 5.91 Å². The van der Waals surface area contributed by atoms with Gasteiger partial charge < -0.3 is 10.1 Å². The fourth-order valence-corrected chi connectivity index (χ4v) is 3.91. The minimum absolute atomic E-state index is 0.0704. The maximum absolute atomic E-state index is 13.3. The first-order chi connectivity index (χ1) is 15.4. The zero-order valence-corrected chi connectivity index (χ0v) is 18.3. The van der Waals surface area contributed by atoms with E-state index < -0.39 is 5.54 Å². The number of nitrogens with zero attached hydrogens (tertiary/aromatic N) is 5. The molecule has 0 saturated carbocycles. The maximum atomic E-state index is 13.3. The Balaban J connectivity index is 1.48. The highest BCUT2D eigenvalue weighted by Crippen LogP contribution is 2.19. The SMILES string of the molecule is CC(C)(CN1CCOCC1)NC(=O)Cn1nc(-c2c[nH]nn2)cc1Cc1ccc(F)cc1. The quantitative estimate of drug-likeness (QED) is 0.551. The van der Waals surface area contributed by atoms with E-state index in [4.69, 9.17) is 4.74 Å². The van der Waals surface area contributed by atoms with Gasteiger partial charge in [0, 0.05) is 37.3 Å². The topological polar surface area (TPSA) is 101 Å². The number of H-pyrrole nitrogens is 1. The van der Waals surface area contributed by atoms with Gasteiger partial charge in [-0.25, -0.2) is 4.39 Å². The van der Waals surface area contributed by atoms with Crippen LogP contribution in [0.1, 0.15) is 25.1 Å². The molecule has 2 aromatic heterocycles. The molecule has 1 fully saturated rings. The van der Waals surface area contributed by atoms with E-state index in [0.29, 0.717) is 17.8 Å². The molecule has 32 heavy (non-hydrogen) atoms. The van der Waals surface area contributed by atoms with Crippen molar-refractivity contribution in [3.05, 3.63) is 53.6 Å². The summed E-state index contributed by atoms with van der Waals surface area (Å²) in [5.41, 5.74) is 2.57. The lowest BCUT2D eigenvalue weighted by Gasteiger charge is -2.35. The normalized spacial score (nSPS) is 15.1. The average Bonchev–Trinajstić information content (AvgIpc) is 3.40. The van der Waals surface area contributed by atoms with Gasteiger partial charge in [-0.3, -0.25) is 19.5 Å². The number of rotatable bonds is 8. The van der Waals surface area contributed by atoms with Crippen LogP contribution in [0.15, 0.2) is 36.5 Å². The van der Waals surface area contributed by atoms with Gasteiger partial charge in [-0.15, -0.1) is 5.10 Å². The number of morpholine rings is 1. The highest BCUT2D eigenvalue weighted by molar-refractivity contribution is 5.76. The van der Waals surface area contributed by atoms with Crippen LogP contribution in [0.5, 0.6) is 0 Å². The van der Waals surface area contributed by atoms with E-state index in [1.807, 2.05) is 19.9 Å². The molecule has 0 atom stereocenters. The molecule has 1 aliphatic rings. The summed E-state index contributed by atoms with van der Waals surface area (Å²) >= 11 is 0. The third-order valence-electron chi connectivity index (χ3n) is 5.33. The molecular formula is C22H28FN7O2. The predicted octanol–water partition coefficient (Wildman–Crippen LogP) is 1.63. The molecule has 1 aromatic carbocycles. The molecule has 3 heterocycles. The number of carbonyl (C=O) groups is 1. The summed E-state index contributed by atoms with van der Waals surface area (Å²) in [5, 5.41) is 18.1. The number of hydrogen-bond donors (Lipinski definition) is 2. The highest BCUT2D eigenvalue weighted by Gasteiger charge is 2.25. The second-order valence-electron chi connectivity index (χ2n) is 8.66.